The highest BCUT2D eigenvalue weighted by molar-refractivity contribution is 7.14. The second kappa shape index (κ2) is 8.04. The van der Waals surface area contributed by atoms with Crippen molar-refractivity contribution in [1.82, 2.24) is 14.5 Å². The summed E-state index contributed by atoms with van der Waals surface area (Å²) in [4.78, 5) is 32.2. The lowest BCUT2D eigenvalue weighted by molar-refractivity contribution is -0.142. The van der Waals surface area contributed by atoms with Crippen molar-refractivity contribution in [2.24, 2.45) is 0 Å². The van der Waals surface area contributed by atoms with Gasteiger partial charge in [0.05, 0.1) is 30.8 Å². The Hall–Kier alpha value is -2.52. The smallest absolute Gasteiger partial charge is 0.311 e. The third-order valence-electron chi connectivity index (χ3n) is 3.14. The molecule has 0 aliphatic carbocycles. The Kier molecular flexibility index (Phi) is 5.56. The van der Waals surface area contributed by atoms with E-state index in [-0.39, 0.29) is 24.7 Å². The number of carbonyl (C=O) groups is 2. The lowest BCUT2D eigenvalue weighted by atomic mass is 10.3. The molecule has 0 aliphatic heterocycles. The van der Waals surface area contributed by atoms with Gasteiger partial charge >= 0.3 is 5.97 Å². The molecule has 0 bridgehead atoms. The molecule has 1 amide bonds. The van der Waals surface area contributed by atoms with Crippen LogP contribution in [0.1, 0.15) is 18.3 Å². The molecule has 0 spiro atoms. The second-order valence-corrected chi connectivity index (χ2v) is 6.76. The van der Waals surface area contributed by atoms with Crippen molar-refractivity contribution >= 4 is 39.7 Å². The number of carbonyl (C=O) groups excluding carboxylic acids is 2. The van der Waals surface area contributed by atoms with E-state index in [1.807, 2.05) is 34.5 Å². The van der Waals surface area contributed by atoms with Gasteiger partial charge in [-0.05, 0) is 19.1 Å². The molecular weight excluding hydrogens is 360 g/mol. The Balaban J connectivity index is 1.54. The predicted molar refractivity (Wildman–Crippen MR) is 96.2 cm³/mol. The van der Waals surface area contributed by atoms with E-state index in [9.17, 15) is 9.59 Å². The molecule has 3 aromatic rings. The van der Waals surface area contributed by atoms with E-state index in [4.69, 9.17) is 4.74 Å². The molecular formula is C16H16N4O3S2. The first-order valence-electron chi connectivity index (χ1n) is 7.61. The maximum atomic E-state index is 12.1. The van der Waals surface area contributed by atoms with Crippen molar-refractivity contribution < 1.29 is 14.3 Å². The van der Waals surface area contributed by atoms with Gasteiger partial charge in [-0.25, -0.2) is 9.97 Å². The monoisotopic (exact) mass is 376 g/mol. The SMILES string of the molecule is CCOC(=O)Cc1csc(NC(=O)Cc2csc(-n3cccc3)n2)n1. The van der Waals surface area contributed by atoms with Gasteiger partial charge in [0.25, 0.3) is 0 Å². The molecule has 3 aromatic heterocycles. The van der Waals surface area contributed by atoms with E-state index >= 15 is 0 Å². The van der Waals surface area contributed by atoms with E-state index in [2.05, 4.69) is 15.3 Å². The van der Waals surface area contributed by atoms with Crippen LogP contribution in [-0.4, -0.2) is 33.0 Å². The maximum absolute atomic E-state index is 12.1. The molecule has 0 aromatic carbocycles. The number of rotatable bonds is 7. The van der Waals surface area contributed by atoms with Crippen LogP contribution in [0.4, 0.5) is 5.13 Å². The molecule has 0 atom stereocenters. The number of ether oxygens (including phenoxy) is 1. The van der Waals surface area contributed by atoms with Crippen molar-refractivity contribution in [2.75, 3.05) is 11.9 Å². The fraction of sp³-hybridized carbons (Fsp3) is 0.250. The standard InChI is InChI=1S/C16H16N4O3S2/c1-2-23-14(22)8-12-9-24-15(17-12)19-13(21)7-11-10-25-16(18-11)20-5-3-4-6-20/h3-6,9-10H,2,7-8H2,1H3,(H,17,19,21). The number of nitrogens with zero attached hydrogens (tertiary/aromatic N) is 3. The summed E-state index contributed by atoms with van der Waals surface area (Å²) in [6.07, 6.45) is 4.09. The van der Waals surface area contributed by atoms with Gasteiger partial charge in [-0.15, -0.1) is 22.7 Å². The molecule has 1 N–H and O–H groups in total. The summed E-state index contributed by atoms with van der Waals surface area (Å²) in [5.41, 5.74) is 1.29. The summed E-state index contributed by atoms with van der Waals surface area (Å²) in [6.45, 7) is 2.09. The Morgan fingerprint density at radius 3 is 2.60 bits per heavy atom. The largest absolute Gasteiger partial charge is 0.466 e. The average Bonchev–Trinajstić information content (AvgIpc) is 3.29. The van der Waals surface area contributed by atoms with Gasteiger partial charge < -0.3 is 14.6 Å². The molecule has 0 radical (unpaired) electrons. The summed E-state index contributed by atoms with van der Waals surface area (Å²) in [5.74, 6) is -0.521. The molecule has 0 saturated heterocycles. The van der Waals surface area contributed by atoms with Gasteiger partial charge in [-0.2, -0.15) is 0 Å². The number of hydrogen-bond acceptors (Lipinski definition) is 7. The van der Waals surface area contributed by atoms with Gasteiger partial charge in [0, 0.05) is 23.2 Å². The minimum absolute atomic E-state index is 0.104. The Labute approximate surface area is 152 Å². The minimum atomic E-state index is -0.328. The number of amides is 1. The molecule has 7 nitrogen and oxygen atoms in total. The molecule has 25 heavy (non-hydrogen) atoms. The second-order valence-electron chi connectivity index (χ2n) is 5.06. The fourth-order valence-electron chi connectivity index (χ4n) is 2.09. The summed E-state index contributed by atoms with van der Waals surface area (Å²) in [5, 5.41) is 7.62. The molecule has 3 heterocycles. The van der Waals surface area contributed by atoms with E-state index in [0.29, 0.717) is 23.1 Å². The molecule has 0 aliphatic rings. The first-order valence-corrected chi connectivity index (χ1v) is 9.37. The van der Waals surface area contributed by atoms with Gasteiger partial charge in [-0.1, -0.05) is 0 Å². The Morgan fingerprint density at radius 1 is 1.12 bits per heavy atom. The number of esters is 1. The van der Waals surface area contributed by atoms with E-state index in [1.54, 1.807) is 12.3 Å². The zero-order chi connectivity index (χ0) is 17.6. The Bertz CT molecular complexity index is 855. The van der Waals surface area contributed by atoms with Gasteiger partial charge in [0.1, 0.15) is 0 Å². The van der Waals surface area contributed by atoms with Crippen molar-refractivity contribution in [1.29, 1.82) is 0 Å². The van der Waals surface area contributed by atoms with E-state index in [1.165, 1.54) is 22.7 Å². The zero-order valence-electron chi connectivity index (χ0n) is 13.5. The van der Waals surface area contributed by atoms with Crippen molar-refractivity contribution in [3.05, 3.63) is 46.7 Å². The fourth-order valence-corrected chi connectivity index (χ4v) is 3.61. The highest BCUT2D eigenvalue weighted by Crippen LogP contribution is 2.18. The van der Waals surface area contributed by atoms with Crippen molar-refractivity contribution in [2.45, 2.75) is 19.8 Å². The Morgan fingerprint density at radius 2 is 1.84 bits per heavy atom. The first kappa shape index (κ1) is 17.3. The van der Waals surface area contributed by atoms with Crippen LogP contribution in [0.15, 0.2) is 35.3 Å². The molecule has 130 valence electrons. The highest BCUT2D eigenvalue weighted by atomic mass is 32.1. The molecule has 9 heteroatoms. The lowest BCUT2D eigenvalue weighted by Gasteiger charge is -2.00. The zero-order valence-corrected chi connectivity index (χ0v) is 15.1. The van der Waals surface area contributed by atoms with Gasteiger partial charge in [-0.3, -0.25) is 9.59 Å². The average molecular weight is 376 g/mol. The molecule has 3 rings (SSSR count). The van der Waals surface area contributed by atoms with E-state index < -0.39 is 0 Å². The number of thiazole rings is 2. The third kappa shape index (κ3) is 4.74. The van der Waals surface area contributed by atoms with Crippen LogP contribution < -0.4 is 5.32 Å². The number of nitrogens with one attached hydrogen (secondary N) is 1. The van der Waals surface area contributed by atoms with Crippen LogP contribution in [0, 0.1) is 0 Å². The van der Waals surface area contributed by atoms with Crippen molar-refractivity contribution in [3.8, 4) is 5.13 Å². The van der Waals surface area contributed by atoms with Crippen LogP contribution in [0.2, 0.25) is 0 Å². The number of anilines is 1. The van der Waals surface area contributed by atoms with Crippen LogP contribution in [0.5, 0.6) is 0 Å². The summed E-state index contributed by atoms with van der Waals surface area (Å²) < 4.78 is 6.77. The van der Waals surface area contributed by atoms with Gasteiger partial charge in [0.2, 0.25) is 5.91 Å². The van der Waals surface area contributed by atoms with Crippen LogP contribution in [0.3, 0.4) is 0 Å². The minimum Gasteiger partial charge on any atom is -0.466 e. The van der Waals surface area contributed by atoms with Crippen LogP contribution in [0.25, 0.3) is 5.13 Å². The van der Waals surface area contributed by atoms with Gasteiger partial charge in [0.15, 0.2) is 10.3 Å². The maximum Gasteiger partial charge on any atom is 0.311 e. The molecule has 0 unspecified atom stereocenters. The normalized spacial score (nSPS) is 10.6. The predicted octanol–water partition coefficient (Wildman–Crippen LogP) is 2.68. The summed E-state index contributed by atoms with van der Waals surface area (Å²) >= 11 is 2.76. The first-order chi connectivity index (χ1) is 12.1. The molecule has 0 fully saturated rings. The van der Waals surface area contributed by atoms with E-state index in [0.717, 1.165) is 5.13 Å². The molecule has 0 saturated carbocycles. The summed E-state index contributed by atoms with van der Waals surface area (Å²) in [6, 6.07) is 3.84. The number of aromatic nitrogens is 3. The topological polar surface area (TPSA) is 86.1 Å². The number of hydrogen-bond donors (Lipinski definition) is 1. The quantitative estimate of drug-likeness (QED) is 0.641. The van der Waals surface area contributed by atoms with Crippen LogP contribution >= 0.6 is 22.7 Å². The van der Waals surface area contributed by atoms with Crippen LogP contribution in [-0.2, 0) is 27.2 Å². The third-order valence-corrected chi connectivity index (χ3v) is 4.84. The van der Waals surface area contributed by atoms with Crippen molar-refractivity contribution in [3.63, 3.8) is 0 Å². The summed E-state index contributed by atoms with van der Waals surface area (Å²) in [7, 11) is 0. The highest BCUT2D eigenvalue weighted by Gasteiger charge is 2.12. The lowest BCUT2D eigenvalue weighted by Crippen LogP contribution is -2.15.